The lowest BCUT2D eigenvalue weighted by Crippen LogP contribution is -2.22. The molecule has 8 nitrogen and oxygen atoms in total. The molecule has 0 aliphatic carbocycles. The monoisotopic (exact) mass is 419 g/mol. The standard InChI is InChI=1S/C16H17N7OS3/c1-9-7-26-13(17-9)16(3,24)14-20-21-15(27-14)19-12-4-5-23(22-12)6-11-8-25-10(2)18-11/h4-5,7-8,24H,6H2,1-3H3,(H,19,21,22)/t16-/m1/s1. The van der Waals surface area contributed by atoms with Gasteiger partial charge in [0, 0.05) is 28.7 Å². The van der Waals surface area contributed by atoms with Crippen LogP contribution in [0.3, 0.4) is 0 Å². The summed E-state index contributed by atoms with van der Waals surface area (Å²) in [6.45, 7) is 6.18. The maximum absolute atomic E-state index is 10.8. The number of thiazole rings is 2. The molecule has 1 atom stereocenters. The van der Waals surface area contributed by atoms with Crippen molar-refractivity contribution in [2.45, 2.75) is 32.9 Å². The van der Waals surface area contributed by atoms with Crippen LogP contribution in [0.5, 0.6) is 0 Å². The van der Waals surface area contributed by atoms with Gasteiger partial charge in [-0.15, -0.1) is 32.9 Å². The molecule has 140 valence electrons. The van der Waals surface area contributed by atoms with Crippen molar-refractivity contribution in [3.63, 3.8) is 0 Å². The average Bonchev–Trinajstić information content (AvgIpc) is 3.38. The molecule has 0 unspecified atom stereocenters. The van der Waals surface area contributed by atoms with E-state index < -0.39 is 5.60 Å². The highest BCUT2D eigenvalue weighted by molar-refractivity contribution is 7.15. The summed E-state index contributed by atoms with van der Waals surface area (Å²) in [6, 6.07) is 1.86. The second-order valence-electron chi connectivity index (χ2n) is 6.16. The van der Waals surface area contributed by atoms with E-state index in [1.807, 2.05) is 41.6 Å². The molecule has 0 saturated heterocycles. The Balaban J connectivity index is 1.46. The SMILES string of the molecule is Cc1csc([C@@](C)(O)c2nnc(Nc3ccn(Cc4csc(C)n4)n3)s2)n1. The Morgan fingerprint density at radius 1 is 1.15 bits per heavy atom. The van der Waals surface area contributed by atoms with Gasteiger partial charge in [-0.2, -0.15) is 5.10 Å². The van der Waals surface area contributed by atoms with E-state index in [4.69, 9.17) is 0 Å². The highest BCUT2D eigenvalue weighted by Gasteiger charge is 2.33. The van der Waals surface area contributed by atoms with Crippen LogP contribution in [0.1, 0.15) is 33.3 Å². The fraction of sp³-hybridized carbons (Fsp3) is 0.312. The van der Waals surface area contributed by atoms with Crippen LogP contribution in [0.2, 0.25) is 0 Å². The Kier molecular flexibility index (Phi) is 4.76. The van der Waals surface area contributed by atoms with E-state index in [0.717, 1.165) is 16.4 Å². The Labute approximate surface area is 167 Å². The van der Waals surface area contributed by atoms with Gasteiger partial charge >= 0.3 is 0 Å². The van der Waals surface area contributed by atoms with E-state index in [1.54, 1.807) is 18.3 Å². The first-order chi connectivity index (χ1) is 12.9. The minimum Gasteiger partial charge on any atom is -0.376 e. The zero-order valence-electron chi connectivity index (χ0n) is 14.9. The molecule has 27 heavy (non-hydrogen) atoms. The fourth-order valence-corrected chi connectivity index (χ4v) is 4.74. The summed E-state index contributed by atoms with van der Waals surface area (Å²) in [5.41, 5.74) is 0.595. The summed E-state index contributed by atoms with van der Waals surface area (Å²) in [5, 5.41) is 33.3. The summed E-state index contributed by atoms with van der Waals surface area (Å²) >= 11 is 4.31. The number of hydrogen-bond donors (Lipinski definition) is 2. The van der Waals surface area contributed by atoms with E-state index >= 15 is 0 Å². The number of aliphatic hydroxyl groups is 1. The predicted octanol–water partition coefficient (Wildman–Crippen LogP) is 3.31. The van der Waals surface area contributed by atoms with Crippen LogP contribution in [-0.2, 0) is 12.1 Å². The van der Waals surface area contributed by atoms with Gasteiger partial charge < -0.3 is 10.4 Å². The van der Waals surface area contributed by atoms with Gasteiger partial charge in [-0.05, 0) is 20.8 Å². The maximum atomic E-state index is 10.8. The molecule has 4 heterocycles. The number of nitrogens with zero attached hydrogens (tertiary/aromatic N) is 6. The molecule has 0 radical (unpaired) electrons. The zero-order valence-corrected chi connectivity index (χ0v) is 17.3. The van der Waals surface area contributed by atoms with E-state index in [-0.39, 0.29) is 0 Å². The van der Waals surface area contributed by atoms with Crippen molar-refractivity contribution in [3.8, 4) is 0 Å². The Morgan fingerprint density at radius 2 is 2.00 bits per heavy atom. The number of aromatic nitrogens is 6. The Morgan fingerprint density at radius 3 is 2.70 bits per heavy atom. The highest BCUT2D eigenvalue weighted by atomic mass is 32.1. The zero-order chi connectivity index (χ0) is 19.0. The van der Waals surface area contributed by atoms with Gasteiger partial charge in [-0.25, -0.2) is 9.97 Å². The largest absolute Gasteiger partial charge is 0.376 e. The molecule has 2 N–H and O–H groups in total. The van der Waals surface area contributed by atoms with Crippen molar-refractivity contribution in [2.75, 3.05) is 5.32 Å². The van der Waals surface area contributed by atoms with E-state index in [1.165, 1.54) is 22.7 Å². The van der Waals surface area contributed by atoms with Crippen LogP contribution in [0.25, 0.3) is 0 Å². The Hall–Kier alpha value is -2.21. The van der Waals surface area contributed by atoms with Crippen molar-refractivity contribution in [2.24, 2.45) is 0 Å². The molecule has 0 aromatic carbocycles. The van der Waals surface area contributed by atoms with Gasteiger partial charge in [-0.3, -0.25) is 4.68 Å². The van der Waals surface area contributed by atoms with Gasteiger partial charge in [0.1, 0.15) is 5.01 Å². The fourth-order valence-electron chi connectivity index (χ4n) is 2.41. The molecule has 0 fully saturated rings. The quantitative estimate of drug-likeness (QED) is 0.494. The summed E-state index contributed by atoms with van der Waals surface area (Å²) < 4.78 is 1.81. The molecule has 0 amide bonds. The van der Waals surface area contributed by atoms with Gasteiger partial charge in [0.2, 0.25) is 5.13 Å². The summed E-state index contributed by atoms with van der Waals surface area (Å²) in [5.74, 6) is 0.661. The van der Waals surface area contributed by atoms with Gasteiger partial charge in [-0.1, -0.05) is 11.3 Å². The molecular weight excluding hydrogens is 402 g/mol. The van der Waals surface area contributed by atoms with Crippen molar-refractivity contribution in [3.05, 3.63) is 49.4 Å². The summed E-state index contributed by atoms with van der Waals surface area (Å²) in [4.78, 5) is 8.81. The third kappa shape index (κ3) is 3.90. The summed E-state index contributed by atoms with van der Waals surface area (Å²) in [6.07, 6.45) is 1.88. The summed E-state index contributed by atoms with van der Waals surface area (Å²) in [7, 11) is 0. The smallest absolute Gasteiger partial charge is 0.211 e. The second kappa shape index (κ2) is 7.08. The number of rotatable bonds is 6. The molecule has 4 aromatic rings. The minimum absolute atomic E-state index is 0.483. The van der Waals surface area contributed by atoms with E-state index in [0.29, 0.717) is 27.5 Å². The van der Waals surface area contributed by atoms with Crippen molar-refractivity contribution >= 4 is 45.0 Å². The van der Waals surface area contributed by atoms with Crippen molar-refractivity contribution in [1.82, 2.24) is 29.9 Å². The molecule has 4 rings (SSSR count). The number of aryl methyl sites for hydroxylation is 2. The Bertz CT molecular complexity index is 1060. The molecule has 0 spiro atoms. The third-order valence-corrected chi connectivity index (χ3v) is 6.79. The number of nitrogens with one attached hydrogen (secondary N) is 1. The molecule has 0 aliphatic rings. The van der Waals surface area contributed by atoms with Crippen LogP contribution < -0.4 is 5.32 Å². The van der Waals surface area contributed by atoms with Crippen LogP contribution >= 0.6 is 34.0 Å². The number of hydrogen-bond acceptors (Lipinski definition) is 10. The predicted molar refractivity (Wildman–Crippen MR) is 107 cm³/mol. The first kappa shape index (κ1) is 18.2. The van der Waals surface area contributed by atoms with E-state index in [9.17, 15) is 5.11 Å². The number of anilines is 2. The molecule has 11 heteroatoms. The molecule has 0 bridgehead atoms. The van der Waals surface area contributed by atoms with Gasteiger partial charge in [0.05, 0.1) is 17.2 Å². The molecular formula is C16H17N7OS3. The normalized spacial score (nSPS) is 13.6. The first-order valence-corrected chi connectivity index (χ1v) is 10.7. The lowest BCUT2D eigenvalue weighted by atomic mass is 10.1. The minimum atomic E-state index is -1.27. The first-order valence-electron chi connectivity index (χ1n) is 8.10. The lowest BCUT2D eigenvalue weighted by molar-refractivity contribution is 0.101. The van der Waals surface area contributed by atoms with E-state index in [2.05, 4.69) is 30.6 Å². The van der Waals surface area contributed by atoms with Gasteiger partial charge in [0.15, 0.2) is 16.4 Å². The topological polar surface area (TPSA) is 102 Å². The molecule has 0 aliphatic heterocycles. The highest BCUT2D eigenvalue weighted by Crippen LogP contribution is 2.34. The van der Waals surface area contributed by atoms with Crippen LogP contribution in [0.4, 0.5) is 10.9 Å². The van der Waals surface area contributed by atoms with Crippen LogP contribution in [0, 0.1) is 13.8 Å². The van der Waals surface area contributed by atoms with Gasteiger partial charge in [0.25, 0.3) is 0 Å². The molecule has 4 aromatic heterocycles. The average molecular weight is 420 g/mol. The molecule has 0 saturated carbocycles. The second-order valence-corrected chi connectivity index (χ2v) is 9.06. The maximum Gasteiger partial charge on any atom is 0.211 e. The van der Waals surface area contributed by atoms with Crippen molar-refractivity contribution in [1.29, 1.82) is 0 Å². The van der Waals surface area contributed by atoms with Crippen LogP contribution in [0.15, 0.2) is 23.0 Å². The lowest BCUT2D eigenvalue weighted by Gasteiger charge is -2.16. The van der Waals surface area contributed by atoms with Crippen LogP contribution in [-0.4, -0.2) is 35.1 Å². The third-order valence-electron chi connectivity index (χ3n) is 3.74. The van der Waals surface area contributed by atoms with Crippen molar-refractivity contribution < 1.29 is 5.11 Å².